The molecule has 0 unspecified atom stereocenters. The molecule has 0 saturated carbocycles. The number of para-hydroxylation sites is 2. The van der Waals surface area contributed by atoms with Gasteiger partial charge in [0.25, 0.3) is 5.91 Å². The van der Waals surface area contributed by atoms with E-state index in [1.165, 1.54) is 12.1 Å². The third kappa shape index (κ3) is 6.85. The molecule has 2 N–H and O–H groups in total. The zero-order valence-electron chi connectivity index (χ0n) is 16.8. The van der Waals surface area contributed by atoms with Gasteiger partial charge in [0.15, 0.2) is 18.2 Å². The Labute approximate surface area is 180 Å². The predicted octanol–water partition coefficient (Wildman–Crippen LogP) is 3.88. The summed E-state index contributed by atoms with van der Waals surface area (Å²) in [5.41, 5.74) is 6.49. The highest BCUT2D eigenvalue weighted by molar-refractivity contribution is 5.83. The molecule has 3 aromatic rings. The van der Waals surface area contributed by atoms with Crippen LogP contribution in [0, 0.1) is 5.82 Å². The van der Waals surface area contributed by atoms with E-state index in [0.29, 0.717) is 12.2 Å². The summed E-state index contributed by atoms with van der Waals surface area (Å²) in [4.78, 5) is 23.8. The molecule has 0 aliphatic rings. The predicted molar refractivity (Wildman–Crippen MR) is 115 cm³/mol. The lowest BCUT2D eigenvalue weighted by Gasteiger charge is -2.12. The maximum absolute atomic E-state index is 13.4. The first-order valence-electron chi connectivity index (χ1n) is 9.86. The van der Waals surface area contributed by atoms with Crippen LogP contribution in [0.3, 0.4) is 0 Å². The van der Waals surface area contributed by atoms with Crippen molar-refractivity contribution in [2.75, 3.05) is 13.2 Å². The number of hydrazine groups is 1. The van der Waals surface area contributed by atoms with Crippen LogP contribution in [0.5, 0.6) is 11.5 Å². The van der Waals surface area contributed by atoms with Crippen LogP contribution >= 0.6 is 0 Å². The summed E-state index contributed by atoms with van der Waals surface area (Å²) in [5.74, 6) is -0.605. The van der Waals surface area contributed by atoms with Gasteiger partial charge in [-0.1, -0.05) is 60.7 Å². The molecule has 3 aromatic carbocycles. The normalized spacial score (nSPS) is 10.2. The third-order valence-electron chi connectivity index (χ3n) is 4.31. The van der Waals surface area contributed by atoms with Gasteiger partial charge in [0.2, 0.25) is 5.91 Å². The number of benzene rings is 3. The summed E-state index contributed by atoms with van der Waals surface area (Å²) < 4.78 is 24.3. The van der Waals surface area contributed by atoms with E-state index in [1.807, 2.05) is 48.5 Å². The second-order valence-corrected chi connectivity index (χ2v) is 6.63. The van der Waals surface area contributed by atoms with Crippen molar-refractivity contribution in [3.05, 3.63) is 84.7 Å². The maximum Gasteiger partial charge on any atom is 0.276 e. The molecule has 0 radical (unpaired) electrons. The van der Waals surface area contributed by atoms with E-state index in [9.17, 15) is 14.0 Å². The molecule has 0 aromatic heterocycles. The van der Waals surface area contributed by atoms with Crippen LogP contribution in [0.4, 0.5) is 4.39 Å². The molecular formula is C24H23FN2O4. The lowest BCUT2D eigenvalue weighted by atomic mass is 10.1. The van der Waals surface area contributed by atoms with E-state index in [1.54, 1.807) is 18.2 Å². The fraction of sp³-hybridized carbons (Fsp3) is 0.167. The molecule has 6 nitrogen and oxygen atoms in total. The van der Waals surface area contributed by atoms with Crippen LogP contribution in [0.25, 0.3) is 11.1 Å². The van der Waals surface area contributed by atoms with Crippen molar-refractivity contribution in [3.63, 3.8) is 0 Å². The lowest BCUT2D eigenvalue weighted by Crippen LogP contribution is -2.43. The Hall–Kier alpha value is -3.87. The van der Waals surface area contributed by atoms with Crippen LogP contribution in [-0.2, 0) is 9.59 Å². The molecule has 0 saturated heterocycles. The Morgan fingerprint density at radius 2 is 1.39 bits per heavy atom. The van der Waals surface area contributed by atoms with Crippen LogP contribution in [-0.4, -0.2) is 25.0 Å². The number of carbonyl (C=O) groups is 2. The number of nitrogens with one attached hydrogen (secondary N) is 2. The van der Waals surface area contributed by atoms with Gasteiger partial charge < -0.3 is 9.47 Å². The molecular weight excluding hydrogens is 399 g/mol. The Balaban J connectivity index is 1.37. The molecule has 0 heterocycles. The Morgan fingerprint density at radius 3 is 2.16 bits per heavy atom. The van der Waals surface area contributed by atoms with E-state index in [-0.39, 0.29) is 31.3 Å². The number of rotatable bonds is 9. The van der Waals surface area contributed by atoms with Gasteiger partial charge in [-0.15, -0.1) is 0 Å². The van der Waals surface area contributed by atoms with E-state index in [0.717, 1.165) is 11.1 Å². The first-order valence-corrected chi connectivity index (χ1v) is 9.86. The zero-order valence-corrected chi connectivity index (χ0v) is 16.8. The number of hydrogen-bond acceptors (Lipinski definition) is 4. The van der Waals surface area contributed by atoms with Crippen LogP contribution in [0.15, 0.2) is 78.9 Å². The van der Waals surface area contributed by atoms with Gasteiger partial charge in [0.05, 0.1) is 6.61 Å². The number of carbonyl (C=O) groups excluding carboxylic acids is 2. The van der Waals surface area contributed by atoms with E-state index in [4.69, 9.17) is 9.47 Å². The summed E-state index contributed by atoms with van der Waals surface area (Å²) >= 11 is 0. The van der Waals surface area contributed by atoms with Gasteiger partial charge >= 0.3 is 0 Å². The van der Waals surface area contributed by atoms with E-state index < -0.39 is 11.7 Å². The van der Waals surface area contributed by atoms with Crippen LogP contribution in [0.2, 0.25) is 0 Å². The summed E-state index contributed by atoms with van der Waals surface area (Å²) in [6.07, 6.45) is 0.490. The van der Waals surface area contributed by atoms with Crippen molar-refractivity contribution >= 4 is 11.8 Å². The van der Waals surface area contributed by atoms with Crippen molar-refractivity contribution in [1.29, 1.82) is 0 Å². The maximum atomic E-state index is 13.4. The number of amides is 2. The largest absolute Gasteiger partial charge is 0.491 e. The molecule has 31 heavy (non-hydrogen) atoms. The minimum Gasteiger partial charge on any atom is -0.491 e. The minimum absolute atomic E-state index is 0.117. The number of ether oxygens (including phenoxy) is 2. The van der Waals surface area contributed by atoms with Gasteiger partial charge in [0.1, 0.15) is 5.75 Å². The summed E-state index contributed by atoms with van der Waals surface area (Å²) in [6.45, 7) is -0.0673. The van der Waals surface area contributed by atoms with Gasteiger partial charge in [-0.25, -0.2) is 4.39 Å². The standard InChI is InChI=1S/C24H23FN2O4/c25-20-12-5-7-14-22(20)30-16-8-15-23(28)26-27-24(29)17-31-21-13-6-4-11-19(21)18-9-2-1-3-10-18/h1-7,9-14H,8,15-17H2,(H,26,28)(H,27,29). The van der Waals surface area contributed by atoms with Gasteiger partial charge in [0, 0.05) is 12.0 Å². The molecule has 0 aliphatic heterocycles. The smallest absolute Gasteiger partial charge is 0.276 e. The summed E-state index contributed by atoms with van der Waals surface area (Å²) in [5, 5.41) is 0. The highest BCUT2D eigenvalue weighted by Crippen LogP contribution is 2.29. The van der Waals surface area contributed by atoms with Gasteiger partial charge in [-0.3, -0.25) is 20.4 Å². The molecule has 7 heteroatoms. The average molecular weight is 422 g/mol. The minimum atomic E-state index is -0.487. The molecule has 0 fully saturated rings. The van der Waals surface area contributed by atoms with Crippen molar-refractivity contribution in [3.8, 4) is 22.6 Å². The first kappa shape index (κ1) is 21.8. The van der Waals surface area contributed by atoms with Gasteiger partial charge in [-0.05, 0) is 30.2 Å². The highest BCUT2D eigenvalue weighted by atomic mass is 19.1. The Morgan fingerprint density at radius 1 is 0.742 bits per heavy atom. The van der Waals surface area contributed by atoms with Crippen molar-refractivity contribution < 1.29 is 23.5 Å². The second-order valence-electron chi connectivity index (χ2n) is 6.63. The molecule has 0 spiro atoms. The Kier molecular flexibility index (Phi) is 7.99. The zero-order chi connectivity index (χ0) is 21.9. The Bertz CT molecular complexity index is 1010. The lowest BCUT2D eigenvalue weighted by molar-refractivity contribution is -0.130. The molecule has 0 aliphatic carbocycles. The quantitative estimate of drug-likeness (QED) is 0.405. The van der Waals surface area contributed by atoms with Gasteiger partial charge in [-0.2, -0.15) is 0 Å². The topological polar surface area (TPSA) is 76.7 Å². The fourth-order valence-corrected chi connectivity index (χ4v) is 2.81. The number of hydrogen-bond donors (Lipinski definition) is 2. The van der Waals surface area contributed by atoms with Crippen LogP contribution in [0.1, 0.15) is 12.8 Å². The number of halogens is 1. The summed E-state index contributed by atoms with van der Waals surface area (Å²) in [6, 6.07) is 23.2. The monoisotopic (exact) mass is 422 g/mol. The third-order valence-corrected chi connectivity index (χ3v) is 4.31. The molecule has 0 atom stereocenters. The van der Waals surface area contributed by atoms with E-state index in [2.05, 4.69) is 10.9 Å². The first-order chi connectivity index (χ1) is 15.1. The highest BCUT2D eigenvalue weighted by Gasteiger charge is 2.09. The molecule has 2 amide bonds. The van der Waals surface area contributed by atoms with E-state index >= 15 is 0 Å². The van der Waals surface area contributed by atoms with Crippen molar-refractivity contribution in [2.24, 2.45) is 0 Å². The molecule has 3 rings (SSSR count). The fourth-order valence-electron chi connectivity index (χ4n) is 2.81. The summed E-state index contributed by atoms with van der Waals surface area (Å²) in [7, 11) is 0. The van der Waals surface area contributed by atoms with Crippen LogP contribution < -0.4 is 20.3 Å². The molecule has 160 valence electrons. The SMILES string of the molecule is O=C(CCCOc1ccccc1F)NNC(=O)COc1ccccc1-c1ccccc1. The average Bonchev–Trinajstić information content (AvgIpc) is 2.81. The van der Waals surface area contributed by atoms with Crippen molar-refractivity contribution in [1.82, 2.24) is 10.9 Å². The van der Waals surface area contributed by atoms with Crippen molar-refractivity contribution in [2.45, 2.75) is 12.8 Å². The molecule has 0 bridgehead atoms. The second kappa shape index (κ2) is 11.3.